The van der Waals surface area contributed by atoms with Crippen LogP contribution in [0.4, 0.5) is 5.69 Å². The average molecular weight is 269 g/mol. The molecule has 1 unspecified atom stereocenters. The summed E-state index contributed by atoms with van der Waals surface area (Å²) >= 11 is 6.11. The molecule has 2 rings (SSSR count). The lowest BCUT2D eigenvalue weighted by molar-refractivity contribution is -0.384. The van der Waals surface area contributed by atoms with Crippen LogP contribution in [0.25, 0.3) is 0 Å². The van der Waals surface area contributed by atoms with E-state index in [1.54, 1.807) is 6.07 Å². The standard InChI is InChI=1S/C13H17ClN2O2/c1-2-15-13(9-3-4-9)7-10-5-6-11(16(17)18)8-12(10)14/h5-6,8-9,13,15H,2-4,7H2,1H3. The van der Waals surface area contributed by atoms with Gasteiger partial charge in [0.05, 0.1) is 9.95 Å². The van der Waals surface area contributed by atoms with Crippen LogP contribution in [0.1, 0.15) is 25.3 Å². The van der Waals surface area contributed by atoms with Crippen LogP contribution in [0, 0.1) is 16.0 Å². The molecule has 0 spiro atoms. The smallest absolute Gasteiger partial charge is 0.270 e. The quantitative estimate of drug-likeness (QED) is 0.637. The van der Waals surface area contributed by atoms with Crippen molar-refractivity contribution in [2.24, 2.45) is 5.92 Å². The second-order valence-corrected chi connectivity index (χ2v) is 5.15. The van der Waals surface area contributed by atoms with Crippen molar-refractivity contribution in [2.45, 2.75) is 32.2 Å². The number of rotatable bonds is 6. The van der Waals surface area contributed by atoms with Gasteiger partial charge in [-0.2, -0.15) is 0 Å². The van der Waals surface area contributed by atoms with Crippen molar-refractivity contribution >= 4 is 17.3 Å². The number of nitrogens with one attached hydrogen (secondary N) is 1. The topological polar surface area (TPSA) is 55.2 Å². The summed E-state index contributed by atoms with van der Waals surface area (Å²) in [5.74, 6) is 0.733. The Kier molecular flexibility index (Phi) is 4.19. The van der Waals surface area contributed by atoms with Gasteiger partial charge in [0, 0.05) is 18.2 Å². The lowest BCUT2D eigenvalue weighted by Gasteiger charge is -2.17. The van der Waals surface area contributed by atoms with Crippen molar-refractivity contribution in [3.8, 4) is 0 Å². The summed E-state index contributed by atoms with van der Waals surface area (Å²) in [5, 5.41) is 14.6. The zero-order valence-electron chi connectivity index (χ0n) is 10.4. The number of hydrogen-bond donors (Lipinski definition) is 1. The molecule has 1 saturated carbocycles. The van der Waals surface area contributed by atoms with E-state index < -0.39 is 4.92 Å². The molecule has 0 aliphatic heterocycles. The van der Waals surface area contributed by atoms with Gasteiger partial charge in [0.2, 0.25) is 0 Å². The highest BCUT2D eigenvalue weighted by molar-refractivity contribution is 6.31. The van der Waals surface area contributed by atoms with Gasteiger partial charge in [-0.25, -0.2) is 0 Å². The monoisotopic (exact) mass is 268 g/mol. The number of hydrogen-bond acceptors (Lipinski definition) is 3. The third-order valence-electron chi connectivity index (χ3n) is 3.34. The molecule has 98 valence electrons. The number of nitrogens with zero attached hydrogens (tertiary/aromatic N) is 1. The van der Waals surface area contributed by atoms with E-state index in [-0.39, 0.29) is 5.69 Å². The maximum absolute atomic E-state index is 10.6. The third kappa shape index (κ3) is 3.21. The Balaban J connectivity index is 2.10. The van der Waals surface area contributed by atoms with Crippen molar-refractivity contribution in [3.63, 3.8) is 0 Å². The van der Waals surface area contributed by atoms with Crippen LogP contribution in [0.5, 0.6) is 0 Å². The highest BCUT2D eigenvalue weighted by Crippen LogP contribution is 2.35. The Labute approximate surface area is 111 Å². The molecule has 4 nitrogen and oxygen atoms in total. The van der Waals surface area contributed by atoms with E-state index in [0.29, 0.717) is 11.1 Å². The zero-order chi connectivity index (χ0) is 13.1. The average Bonchev–Trinajstić information content (AvgIpc) is 3.14. The number of non-ortho nitro benzene ring substituents is 1. The molecule has 18 heavy (non-hydrogen) atoms. The molecule has 0 amide bonds. The maximum Gasteiger partial charge on any atom is 0.270 e. The molecule has 1 aliphatic rings. The number of benzene rings is 1. The largest absolute Gasteiger partial charge is 0.314 e. The predicted molar refractivity (Wildman–Crippen MR) is 72.0 cm³/mol. The first-order valence-electron chi connectivity index (χ1n) is 6.28. The second-order valence-electron chi connectivity index (χ2n) is 4.74. The SMILES string of the molecule is CCNC(Cc1ccc([N+](=O)[O-])cc1Cl)C1CC1. The summed E-state index contributed by atoms with van der Waals surface area (Å²) in [4.78, 5) is 10.2. The van der Waals surface area contributed by atoms with Gasteiger partial charge in [-0.1, -0.05) is 24.6 Å². The lowest BCUT2D eigenvalue weighted by atomic mass is 10.0. The molecule has 0 bridgehead atoms. The van der Waals surface area contributed by atoms with Gasteiger partial charge in [0.1, 0.15) is 0 Å². The number of nitro groups is 1. The van der Waals surface area contributed by atoms with Crippen LogP contribution in [0.3, 0.4) is 0 Å². The number of nitro benzene ring substituents is 1. The fourth-order valence-corrected chi connectivity index (χ4v) is 2.47. The minimum absolute atomic E-state index is 0.0511. The number of halogens is 1. The second kappa shape index (κ2) is 5.67. The van der Waals surface area contributed by atoms with E-state index in [9.17, 15) is 10.1 Å². The Hall–Kier alpha value is -1.13. The van der Waals surface area contributed by atoms with Crippen molar-refractivity contribution < 1.29 is 4.92 Å². The third-order valence-corrected chi connectivity index (χ3v) is 3.70. The first-order chi connectivity index (χ1) is 8.61. The number of likely N-dealkylation sites (N-methyl/N-ethyl adjacent to an activating group) is 1. The highest BCUT2D eigenvalue weighted by Gasteiger charge is 2.31. The Bertz CT molecular complexity index is 447. The van der Waals surface area contributed by atoms with Gasteiger partial charge < -0.3 is 5.32 Å². The van der Waals surface area contributed by atoms with Crippen LogP contribution in [0.15, 0.2) is 18.2 Å². The summed E-state index contributed by atoms with van der Waals surface area (Å²) in [6.07, 6.45) is 3.37. The molecule has 1 fully saturated rings. The molecule has 1 N–H and O–H groups in total. The molecule has 0 saturated heterocycles. The first-order valence-corrected chi connectivity index (χ1v) is 6.65. The van der Waals surface area contributed by atoms with Crippen molar-refractivity contribution in [1.82, 2.24) is 5.32 Å². The Morgan fingerprint density at radius 2 is 2.28 bits per heavy atom. The molecular formula is C13H17ClN2O2. The molecule has 1 aromatic rings. The van der Waals surface area contributed by atoms with E-state index >= 15 is 0 Å². The highest BCUT2D eigenvalue weighted by atomic mass is 35.5. The summed E-state index contributed by atoms with van der Waals surface area (Å²) in [6, 6.07) is 5.17. The lowest BCUT2D eigenvalue weighted by Crippen LogP contribution is -2.32. The molecule has 0 radical (unpaired) electrons. The Morgan fingerprint density at radius 1 is 1.56 bits per heavy atom. The fraction of sp³-hybridized carbons (Fsp3) is 0.538. The molecule has 0 heterocycles. The molecule has 5 heteroatoms. The minimum atomic E-state index is -0.418. The van der Waals surface area contributed by atoms with Crippen LogP contribution < -0.4 is 5.32 Å². The van der Waals surface area contributed by atoms with E-state index in [2.05, 4.69) is 12.2 Å². The fourth-order valence-electron chi connectivity index (χ4n) is 2.22. The van der Waals surface area contributed by atoms with E-state index in [1.807, 2.05) is 0 Å². The molecule has 1 atom stereocenters. The van der Waals surface area contributed by atoms with Crippen LogP contribution in [-0.4, -0.2) is 17.5 Å². The van der Waals surface area contributed by atoms with Crippen LogP contribution in [0.2, 0.25) is 5.02 Å². The summed E-state index contributed by atoms with van der Waals surface area (Å²) in [5.41, 5.74) is 1.04. The van der Waals surface area contributed by atoms with Gasteiger partial charge >= 0.3 is 0 Å². The van der Waals surface area contributed by atoms with Crippen molar-refractivity contribution in [1.29, 1.82) is 0 Å². The normalized spacial score (nSPS) is 16.6. The van der Waals surface area contributed by atoms with Gasteiger partial charge in [0.15, 0.2) is 0 Å². The molecular weight excluding hydrogens is 252 g/mol. The maximum atomic E-state index is 10.6. The molecule has 1 aliphatic carbocycles. The van der Waals surface area contributed by atoms with Gasteiger partial charge in [-0.15, -0.1) is 0 Å². The van der Waals surface area contributed by atoms with Gasteiger partial charge in [-0.3, -0.25) is 10.1 Å². The minimum Gasteiger partial charge on any atom is -0.314 e. The molecule has 0 aromatic heterocycles. The molecule has 1 aromatic carbocycles. The van der Waals surface area contributed by atoms with Crippen LogP contribution in [-0.2, 0) is 6.42 Å². The van der Waals surface area contributed by atoms with Crippen molar-refractivity contribution in [2.75, 3.05) is 6.54 Å². The van der Waals surface area contributed by atoms with E-state index in [4.69, 9.17) is 11.6 Å². The summed E-state index contributed by atoms with van der Waals surface area (Å²) in [7, 11) is 0. The summed E-state index contributed by atoms with van der Waals surface area (Å²) < 4.78 is 0. The van der Waals surface area contributed by atoms with Gasteiger partial charge in [0.25, 0.3) is 5.69 Å². The predicted octanol–water partition coefficient (Wildman–Crippen LogP) is 3.18. The van der Waals surface area contributed by atoms with E-state index in [1.165, 1.54) is 25.0 Å². The zero-order valence-corrected chi connectivity index (χ0v) is 11.1. The van der Waals surface area contributed by atoms with E-state index in [0.717, 1.165) is 24.4 Å². The Morgan fingerprint density at radius 3 is 2.78 bits per heavy atom. The summed E-state index contributed by atoms with van der Waals surface area (Å²) in [6.45, 7) is 3.03. The van der Waals surface area contributed by atoms with Gasteiger partial charge in [-0.05, 0) is 37.3 Å². The van der Waals surface area contributed by atoms with Crippen LogP contribution >= 0.6 is 11.6 Å². The van der Waals surface area contributed by atoms with Crippen molar-refractivity contribution in [3.05, 3.63) is 38.9 Å². The first kappa shape index (κ1) is 13.3.